The molecule has 3 fully saturated rings. The number of carbonyl (C=O) groups is 26. The molecular weight excluding hydrogens is 1970 g/mol. The Morgan fingerprint density at radius 3 is 1.05 bits per heavy atom. The summed E-state index contributed by atoms with van der Waals surface area (Å²) in [5, 5.41) is 98.3. The highest BCUT2D eigenvalue weighted by atomic mass is 16.4. The molecular formula is C92H153N25O32. The number of amides is 23. The molecule has 3 saturated heterocycles. The molecule has 3 rings (SSSR count). The Kier molecular flexibility index (Phi) is 55.2. The molecule has 23 amide bonds. The first-order valence-corrected chi connectivity index (χ1v) is 49.6. The van der Waals surface area contributed by atoms with Gasteiger partial charge < -0.3 is 165 Å². The van der Waals surface area contributed by atoms with Crippen molar-refractivity contribution in [2.24, 2.45) is 64.0 Å². The van der Waals surface area contributed by atoms with E-state index in [4.69, 9.17) is 34.4 Å². The van der Waals surface area contributed by atoms with Crippen LogP contribution in [0.25, 0.3) is 0 Å². The maximum atomic E-state index is 15.0. The van der Waals surface area contributed by atoms with E-state index in [-0.39, 0.29) is 103 Å². The van der Waals surface area contributed by atoms with Crippen LogP contribution < -0.4 is 119 Å². The number of aliphatic carboxylic acids is 3. The van der Waals surface area contributed by atoms with Crippen LogP contribution in [0.2, 0.25) is 0 Å². The smallest absolute Gasteiger partial charge is 0.326 e. The van der Waals surface area contributed by atoms with Crippen molar-refractivity contribution in [3.05, 3.63) is 0 Å². The summed E-state index contributed by atoms with van der Waals surface area (Å²) in [6, 6.07) is -30.9. The highest BCUT2D eigenvalue weighted by molar-refractivity contribution is 6.04. The molecule has 3 heterocycles. The number of unbranched alkanes of at least 4 members (excludes halogenated alkanes) is 1. The standard InChI is InChI=1S/C92H153N25O32/c1-13-46(10)72(113-80(136)52(24-28-64(96)122)101-77(133)51(23-27-63(95)121)104-86(142)60-20-16-32-115(60)89(145)70(44(6)7)111-67(125)39-99-75(131)49(94)37-65(97)123)91(147)117-34-18-21-61(117)85(141)103-50(19-14-15-31-93)76(132)100-47(11)74(130)112-71(45(8)9)90(146)116-33-17-22-62(116)87(143)107-56(38-66(98)124)82(138)114-73(48(12)120)88(144)105-54(26-30-69(128)129)79(135)109-58(40-118)83(139)106-55(35-42(2)3)81(137)102-53(25-29-68(126)127)78(134)110-59(41-119)84(140)108-57(92(148)149)36-43(4)5/h42-62,70-73,118-120H,13-41,93-94H2,1-12H3,(H2,95,121)(H2,96,122)(H2,97,123)(H2,98,124)(H,99,131)(H,100,132)(H,101,133)(H,102,137)(H,103,141)(H,104,142)(H,105,144)(H,106,139)(H,107,143)(H,108,140)(H,109,135)(H,110,134)(H,111,125)(H,112,130)(H,113,136)(H,114,138)(H,126,127)(H,128,129)(H,148,149)/t46-,47-,48+,49-,50-,51-,52-,53-,54-,55-,56-,57-,58-,59-,60-,61-,62-,70-,71-,72-,73-/m0/s1. The van der Waals surface area contributed by atoms with Gasteiger partial charge in [0.1, 0.15) is 109 Å². The van der Waals surface area contributed by atoms with Crippen LogP contribution >= 0.6 is 0 Å². The van der Waals surface area contributed by atoms with Crippen molar-refractivity contribution in [1.82, 2.24) is 99.8 Å². The number of nitrogens with two attached hydrogens (primary N) is 6. The molecule has 21 atom stereocenters. The molecule has 0 saturated carbocycles. The molecule has 57 heteroatoms. The number of carbonyl (C=O) groups excluding carboxylic acids is 23. The number of likely N-dealkylation sites (tertiary alicyclic amines) is 3. The van der Waals surface area contributed by atoms with Crippen LogP contribution in [0.4, 0.5) is 0 Å². The first-order chi connectivity index (χ1) is 69.7. The van der Waals surface area contributed by atoms with E-state index in [1.54, 1.807) is 55.4 Å². The minimum Gasteiger partial charge on any atom is -0.481 e. The summed E-state index contributed by atoms with van der Waals surface area (Å²) in [6.07, 6.45) is -7.64. The topological polar surface area (TPSA) is 924 Å². The number of nitrogens with zero attached hydrogens (tertiary/aromatic N) is 3. The largest absolute Gasteiger partial charge is 0.481 e. The Morgan fingerprint density at radius 2 is 0.671 bits per heavy atom. The van der Waals surface area contributed by atoms with Crippen LogP contribution in [0.3, 0.4) is 0 Å². The van der Waals surface area contributed by atoms with Crippen molar-refractivity contribution in [2.45, 2.75) is 345 Å². The van der Waals surface area contributed by atoms with E-state index >= 15 is 0 Å². The van der Waals surface area contributed by atoms with E-state index in [1.165, 1.54) is 30.6 Å². The second-order valence-corrected chi connectivity index (χ2v) is 38.8. The van der Waals surface area contributed by atoms with Gasteiger partial charge in [-0.25, -0.2) is 4.79 Å². The normalized spacial score (nSPS) is 18.0. The van der Waals surface area contributed by atoms with Crippen LogP contribution in [0, 0.1) is 29.6 Å². The van der Waals surface area contributed by atoms with Crippen LogP contribution in [-0.2, 0) is 125 Å². The van der Waals surface area contributed by atoms with Crippen molar-refractivity contribution in [3.63, 3.8) is 0 Å². The molecule has 34 N–H and O–H groups in total. The second-order valence-electron chi connectivity index (χ2n) is 38.8. The number of hydrogen-bond donors (Lipinski definition) is 28. The number of carboxylic acids is 3. The average molecular weight is 2120 g/mol. The predicted molar refractivity (Wildman–Crippen MR) is 522 cm³/mol. The number of hydrogen-bond acceptors (Lipinski definition) is 31. The molecule has 3 aliphatic rings. The third kappa shape index (κ3) is 43.4. The highest BCUT2D eigenvalue weighted by Gasteiger charge is 2.47. The number of rotatable bonds is 67. The molecule has 0 aliphatic carbocycles. The molecule has 0 aromatic heterocycles. The lowest BCUT2D eigenvalue weighted by Crippen LogP contribution is -2.62. The van der Waals surface area contributed by atoms with Gasteiger partial charge in [0.15, 0.2) is 0 Å². The van der Waals surface area contributed by atoms with Crippen LogP contribution in [0.15, 0.2) is 0 Å². The Labute approximate surface area is 860 Å². The predicted octanol–water partition coefficient (Wildman–Crippen LogP) is -11.3. The van der Waals surface area contributed by atoms with E-state index in [2.05, 4.69) is 85.1 Å². The van der Waals surface area contributed by atoms with E-state index in [1.807, 2.05) is 0 Å². The molecule has 149 heavy (non-hydrogen) atoms. The third-order valence-electron chi connectivity index (χ3n) is 24.9. The summed E-state index contributed by atoms with van der Waals surface area (Å²) in [5.41, 5.74) is 33.2. The van der Waals surface area contributed by atoms with Gasteiger partial charge in [0, 0.05) is 45.3 Å². The first kappa shape index (κ1) is 129. The molecule has 0 bridgehead atoms. The van der Waals surface area contributed by atoms with Crippen LogP contribution in [-0.4, -0.2) is 366 Å². The summed E-state index contributed by atoms with van der Waals surface area (Å²) >= 11 is 0. The Morgan fingerprint density at radius 1 is 0.342 bits per heavy atom. The minimum absolute atomic E-state index is 0.000612. The van der Waals surface area contributed by atoms with Crippen molar-refractivity contribution >= 4 is 154 Å². The molecule has 57 nitrogen and oxygen atoms in total. The number of nitrogens with one attached hydrogen (secondary N) is 16. The van der Waals surface area contributed by atoms with Gasteiger partial charge in [0.05, 0.1) is 44.7 Å². The molecule has 0 spiro atoms. The Bertz CT molecular complexity index is 4730. The van der Waals surface area contributed by atoms with Gasteiger partial charge in [-0.1, -0.05) is 75.7 Å². The van der Waals surface area contributed by atoms with E-state index < -0.39 is 382 Å². The maximum absolute atomic E-state index is 15.0. The lowest BCUT2D eigenvalue weighted by molar-refractivity contribution is -0.144. The van der Waals surface area contributed by atoms with Crippen LogP contribution in [0.1, 0.15) is 224 Å². The zero-order valence-electron chi connectivity index (χ0n) is 86.0. The summed E-state index contributed by atoms with van der Waals surface area (Å²) in [6.45, 7) is 15.1. The number of primary amides is 4. The lowest BCUT2D eigenvalue weighted by atomic mass is 9.96. The minimum atomic E-state index is -2.15. The van der Waals surface area contributed by atoms with Gasteiger partial charge in [-0.05, 0) is 146 Å². The Balaban J connectivity index is 1.84. The SMILES string of the molecule is CC[C@H](C)[C@H](NC(=O)[C@H](CCC(N)=O)NC(=O)[C@H](CCC(N)=O)NC(=O)[C@@H]1CCCN1C(=O)[C@@H](NC(=O)CNC(=O)[C@@H](N)CC(N)=O)C(C)C)C(=O)N1CCC[C@H]1C(=O)N[C@@H](CCCCN)C(=O)N[C@@H](C)C(=O)N[C@H](C(=O)N1CCC[C@H]1C(=O)N[C@@H](CC(N)=O)C(=O)N[C@H](C(=O)N[C@@H](CCC(=O)O)C(=O)N[C@@H](CO)C(=O)N[C@@H](CC(C)C)C(=O)N[C@@H](CCC(=O)O)C(=O)N[C@@H](CO)C(=O)N[C@@H](CC(C)C)C(=O)O)[C@@H](C)O)C(C)C. The molecule has 0 radical (unpaired) electrons. The van der Waals surface area contributed by atoms with Gasteiger partial charge in [0.2, 0.25) is 136 Å². The molecule has 3 aliphatic heterocycles. The van der Waals surface area contributed by atoms with Gasteiger partial charge in [-0.2, -0.15) is 0 Å². The fourth-order valence-corrected chi connectivity index (χ4v) is 16.4. The first-order valence-electron chi connectivity index (χ1n) is 49.6. The fraction of sp³-hybridized carbons (Fsp3) is 0.717. The van der Waals surface area contributed by atoms with Gasteiger partial charge in [-0.3, -0.25) is 120 Å². The van der Waals surface area contributed by atoms with Crippen molar-refractivity contribution in [1.29, 1.82) is 0 Å². The monoisotopic (exact) mass is 2120 g/mol. The number of aliphatic hydroxyl groups excluding tert-OH is 3. The summed E-state index contributed by atoms with van der Waals surface area (Å²) < 4.78 is 0. The van der Waals surface area contributed by atoms with Gasteiger partial charge in [-0.15, -0.1) is 0 Å². The molecule has 838 valence electrons. The highest BCUT2D eigenvalue weighted by Crippen LogP contribution is 2.27. The molecule has 0 unspecified atom stereocenters. The van der Waals surface area contributed by atoms with E-state index in [0.717, 1.165) is 11.8 Å². The maximum Gasteiger partial charge on any atom is 0.326 e. The summed E-state index contributed by atoms with van der Waals surface area (Å²) in [4.78, 5) is 355. The van der Waals surface area contributed by atoms with Crippen molar-refractivity contribution in [2.75, 3.05) is 45.9 Å². The van der Waals surface area contributed by atoms with Gasteiger partial charge >= 0.3 is 17.9 Å². The summed E-state index contributed by atoms with van der Waals surface area (Å²) in [7, 11) is 0. The molecule has 0 aromatic rings. The van der Waals surface area contributed by atoms with Crippen LogP contribution in [0.5, 0.6) is 0 Å². The third-order valence-corrected chi connectivity index (χ3v) is 24.9. The van der Waals surface area contributed by atoms with Crippen molar-refractivity contribution < 1.29 is 155 Å². The lowest BCUT2D eigenvalue weighted by Gasteiger charge is -2.33. The molecule has 0 aromatic carbocycles. The van der Waals surface area contributed by atoms with Gasteiger partial charge in [0.25, 0.3) is 0 Å². The average Bonchev–Trinajstić information content (AvgIpc) is 1.71. The van der Waals surface area contributed by atoms with E-state index in [0.29, 0.717) is 6.42 Å². The number of carboxylic acid groups (broad SMARTS) is 3. The Hall–Kier alpha value is -14.0. The van der Waals surface area contributed by atoms with Crippen molar-refractivity contribution in [3.8, 4) is 0 Å². The fourth-order valence-electron chi connectivity index (χ4n) is 16.4. The van der Waals surface area contributed by atoms with E-state index in [9.17, 15) is 155 Å². The number of aliphatic hydroxyl groups is 3. The zero-order valence-corrected chi connectivity index (χ0v) is 86.0. The second kappa shape index (κ2) is 63.7. The summed E-state index contributed by atoms with van der Waals surface area (Å²) in [5.74, 6) is -31.3. The zero-order chi connectivity index (χ0) is 113. The quantitative estimate of drug-likeness (QED) is 0.0251.